The van der Waals surface area contributed by atoms with Gasteiger partial charge in [0.2, 0.25) is 0 Å². The molecule has 0 spiro atoms. The van der Waals surface area contributed by atoms with Crippen LogP contribution in [0, 0.1) is 0 Å². The highest BCUT2D eigenvalue weighted by molar-refractivity contribution is 5.76. The molecule has 0 aromatic heterocycles. The van der Waals surface area contributed by atoms with Crippen molar-refractivity contribution in [2.75, 3.05) is 0 Å². The molecule has 3 aromatic carbocycles. The van der Waals surface area contributed by atoms with E-state index in [4.69, 9.17) is 0 Å². The molecular weight excluding hydrogens is 300 g/mol. The maximum atomic E-state index is 2.35. The van der Waals surface area contributed by atoms with Gasteiger partial charge in [-0.15, -0.1) is 0 Å². The van der Waals surface area contributed by atoms with Crippen LogP contribution in [0.5, 0.6) is 0 Å². The summed E-state index contributed by atoms with van der Waals surface area (Å²) in [5.74, 6) is 0.362. The first-order valence-corrected chi connectivity index (χ1v) is 9.07. The molecule has 2 bridgehead atoms. The summed E-state index contributed by atoms with van der Waals surface area (Å²) >= 11 is 0. The average molecular weight is 318 g/mol. The molecule has 0 unspecified atom stereocenters. The molecule has 0 atom stereocenters. The van der Waals surface area contributed by atoms with Gasteiger partial charge in [-0.05, 0) is 45.4 Å². The normalized spacial score (nSPS) is 24.5. The number of rotatable bonds is 1. The molecule has 0 aliphatic heterocycles. The van der Waals surface area contributed by atoms with Crippen molar-refractivity contribution in [3.05, 3.63) is 130 Å². The van der Waals surface area contributed by atoms with E-state index in [2.05, 4.69) is 91.0 Å². The van der Waals surface area contributed by atoms with Crippen molar-refractivity contribution in [2.24, 2.45) is 0 Å². The van der Waals surface area contributed by atoms with Crippen LogP contribution >= 0.6 is 0 Å². The van der Waals surface area contributed by atoms with Crippen molar-refractivity contribution in [3.63, 3.8) is 0 Å². The predicted molar refractivity (Wildman–Crippen MR) is 102 cm³/mol. The van der Waals surface area contributed by atoms with Crippen molar-refractivity contribution in [3.8, 4) is 0 Å². The van der Waals surface area contributed by atoms with Gasteiger partial charge in [-0.3, -0.25) is 0 Å². The quantitative estimate of drug-likeness (QED) is 0.539. The van der Waals surface area contributed by atoms with Gasteiger partial charge in [-0.25, -0.2) is 0 Å². The van der Waals surface area contributed by atoms with Crippen LogP contribution < -0.4 is 0 Å². The van der Waals surface area contributed by atoms with E-state index in [1.165, 1.54) is 39.0 Å². The Bertz CT molecular complexity index is 965. The Labute approximate surface area is 148 Å². The van der Waals surface area contributed by atoms with Gasteiger partial charge in [0.15, 0.2) is 0 Å². The van der Waals surface area contributed by atoms with Crippen LogP contribution in [0.25, 0.3) is 0 Å². The van der Waals surface area contributed by atoms with Crippen LogP contribution in [0.3, 0.4) is 0 Å². The van der Waals surface area contributed by atoms with Crippen LogP contribution in [-0.2, 0) is 5.41 Å². The Kier molecular flexibility index (Phi) is 2.48. The molecule has 0 saturated heterocycles. The number of hydrogen-bond donors (Lipinski definition) is 0. The molecule has 0 amide bonds. The largest absolute Gasteiger partial charge is 0.0804 e. The molecule has 0 nitrogen and oxygen atoms in total. The molecule has 0 radical (unpaired) electrons. The van der Waals surface area contributed by atoms with Crippen LogP contribution in [0.4, 0.5) is 0 Å². The minimum Gasteiger partial charge on any atom is -0.0804 e. The van der Waals surface area contributed by atoms with Gasteiger partial charge in [0.25, 0.3) is 0 Å². The first-order chi connectivity index (χ1) is 12.4. The van der Waals surface area contributed by atoms with E-state index in [9.17, 15) is 0 Å². The standard InChI is InChI=1S/C25H18/c1-2-10-17(9-1)25-21-14-6-3-11-18(21)24(19-12-4-7-15-22(19)25)20-13-5-8-16-23(20)25/h1-9,11-16,24H,10H2. The zero-order chi connectivity index (χ0) is 16.4. The summed E-state index contributed by atoms with van der Waals surface area (Å²) in [5, 5.41) is 0. The van der Waals surface area contributed by atoms with Crippen molar-refractivity contribution >= 4 is 0 Å². The van der Waals surface area contributed by atoms with E-state index in [-0.39, 0.29) is 5.41 Å². The molecule has 0 saturated carbocycles. The van der Waals surface area contributed by atoms with Gasteiger partial charge in [-0.1, -0.05) is 91.0 Å². The zero-order valence-corrected chi connectivity index (χ0v) is 13.9. The summed E-state index contributed by atoms with van der Waals surface area (Å²) in [6.45, 7) is 0. The summed E-state index contributed by atoms with van der Waals surface area (Å²) < 4.78 is 0. The lowest BCUT2D eigenvalue weighted by Gasteiger charge is -2.51. The predicted octanol–water partition coefficient (Wildman–Crippen LogP) is 5.71. The third-order valence-electron chi connectivity index (χ3n) is 6.28. The van der Waals surface area contributed by atoms with Crippen molar-refractivity contribution in [1.82, 2.24) is 0 Å². The molecule has 25 heavy (non-hydrogen) atoms. The van der Waals surface area contributed by atoms with E-state index in [0.29, 0.717) is 5.92 Å². The summed E-state index contributed by atoms with van der Waals surface area (Å²) in [6.07, 6.45) is 7.88. The second kappa shape index (κ2) is 4.61. The fourth-order valence-corrected chi connectivity index (χ4v) is 5.45. The molecule has 0 N–H and O–H groups in total. The molecule has 7 rings (SSSR count). The highest BCUT2D eigenvalue weighted by Gasteiger charge is 2.52. The third-order valence-corrected chi connectivity index (χ3v) is 6.28. The van der Waals surface area contributed by atoms with Crippen LogP contribution in [0.15, 0.2) is 96.6 Å². The lowest BCUT2D eigenvalue weighted by molar-refractivity contribution is 0.610. The SMILES string of the molecule is C1=CCC(C23c4ccccc4C(c4ccccc42)c2ccccc23)=C1. The lowest BCUT2D eigenvalue weighted by atomic mass is 9.50. The average Bonchev–Trinajstić information content (AvgIpc) is 3.23. The molecule has 4 aliphatic rings. The molecule has 0 heteroatoms. The number of allylic oxidation sites excluding steroid dienone is 4. The summed E-state index contributed by atoms with van der Waals surface area (Å²) in [4.78, 5) is 0. The first kappa shape index (κ1) is 13.4. The van der Waals surface area contributed by atoms with Crippen molar-refractivity contribution < 1.29 is 0 Å². The van der Waals surface area contributed by atoms with Crippen LogP contribution in [-0.4, -0.2) is 0 Å². The molecule has 3 aromatic rings. The number of benzene rings is 3. The van der Waals surface area contributed by atoms with E-state index >= 15 is 0 Å². The Balaban J connectivity index is 1.85. The number of hydrogen-bond acceptors (Lipinski definition) is 0. The highest BCUT2D eigenvalue weighted by atomic mass is 14.5. The summed E-state index contributed by atoms with van der Waals surface area (Å²) in [5.41, 5.74) is 10.2. The monoisotopic (exact) mass is 318 g/mol. The van der Waals surface area contributed by atoms with Gasteiger partial charge < -0.3 is 0 Å². The maximum Gasteiger partial charge on any atom is 0.0676 e. The fraction of sp³-hybridized carbons (Fsp3) is 0.120. The lowest BCUT2D eigenvalue weighted by Crippen LogP contribution is -2.43. The minimum absolute atomic E-state index is 0.137. The van der Waals surface area contributed by atoms with Crippen molar-refractivity contribution in [1.29, 1.82) is 0 Å². The van der Waals surface area contributed by atoms with Gasteiger partial charge in [0.1, 0.15) is 0 Å². The van der Waals surface area contributed by atoms with Crippen LogP contribution in [0.2, 0.25) is 0 Å². The fourth-order valence-electron chi connectivity index (χ4n) is 5.45. The Hall–Kier alpha value is -2.86. The zero-order valence-electron chi connectivity index (χ0n) is 13.9. The van der Waals surface area contributed by atoms with Crippen molar-refractivity contribution in [2.45, 2.75) is 17.8 Å². The van der Waals surface area contributed by atoms with Gasteiger partial charge >= 0.3 is 0 Å². The van der Waals surface area contributed by atoms with Crippen LogP contribution in [0.1, 0.15) is 45.7 Å². The van der Waals surface area contributed by atoms with E-state index in [1.54, 1.807) is 0 Å². The second-order valence-electron chi connectivity index (χ2n) is 7.27. The Morgan fingerprint density at radius 1 is 0.640 bits per heavy atom. The van der Waals surface area contributed by atoms with Gasteiger partial charge in [0, 0.05) is 5.92 Å². The summed E-state index contributed by atoms with van der Waals surface area (Å²) in [6, 6.07) is 27.3. The summed E-state index contributed by atoms with van der Waals surface area (Å²) in [7, 11) is 0. The Morgan fingerprint density at radius 3 is 1.56 bits per heavy atom. The second-order valence-corrected chi connectivity index (χ2v) is 7.27. The first-order valence-electron chi connectivity index (χ1n) is 9.07. The topological polar surface area (TPSA) is 0 Å². The smallest absolute Gasteiger partial charge is 0.0676 e. The minimum atomic E-state index is -0.137. The van der Waals surface area contributed by atoms with E-state index in [0.717, 1.165) is 6.42 Å². The Morgan fingerprint density at radius 2 is 1.12 bits per heavy atom. The molecule has 118 valence electrons. The van der Waals surface area contributed by atoms with E-state index < -0.39 is 0 Å². The molecule has 0 fully saturated rings. The highest BCUT2D eigenvalue weighted by Crippen LogP contribution is 2.62. The van der Waals surface area contributed by atoms with Gasteiger partial charge in [-0.2, -0.15) is 0 Å². The van der Waals surface area contributed by atoms with Gasteiger partial charge in [0.05, 0.1) is 5.41 Å². The molecule has 4 aliphatic carbocycles. The maximum absolute atomic E-state index is 2.35. The third kappa shape index (κ3) is 1.45. The van der Waals surface area contributed by atoms with E-state index in [1.807, 2.05) is 0 Å². The molecular formula is C25H18. The molecule has 0 heterocycles.